The van der Waals surface area contributed by atoms with Gasteiger partial charge in [0.25, 0.3) is 0 Å². The zero-order valence-corrected chi connectivity index (χ0v) is 10.9. The Hall–Kier alpha value is -0.870. The Morgan fingerprint density at radius 3 is 2.80 bits per heavy atom. The lowest BCUT2D eigenvalue weighted by atomic mass is 10.1. The van der Waals surface area contributed by atoms with Crippen molar-refractivity contribution in [3.63, 3.8) is 0 Å². The minimum atomic E-state index is 0.863. The van der Waals surface area contributed by atoms with Crippen LogP contribution in [0.4, 0.5) is 0 Å². The number of rotatable bonds is 2. The van der Waals surface area contributed by atoms with Gasteiger partial charge in [-0.15, -0.1) is 11.3 Å². The summed E-state index contributed by atoms with van der Waals surface area (Å²) in [6.07, 6.45) is 0. The van der Waals surface area contributed by atoms with Gasteiger partial charge in [-0.2, -0.15) is 0 Å². The van der Waals surface area contributed by atoms with Gasteiger partial charge in [-0.05, 0) is 35.0 Å². The number of thiazole rings is 1. The molecule has 2 nitrogen and oxygen atoms in total. The summed E-state index contributed by atoms with van der Waals surface area (Å²) < 4.78 is 6.18. The topological polar surface area (TPSA) is 22.1 Å². The lowest BCUT2D eigenvalue weighted by Gasteiger charge is -2.06. The van der Waals surface area contributed by atoms with E-state index in [2.05, 4.69) is 33.9 Å². The smallest absolute Gasteiger partial charge is 0.129 e. The molecule has 1 aromatic carbocycles. The van der Waals surface area contributed by atoms with Crippen LogP contribution in [0.2, 0.25) is 0 Å². The molecule has 1 aromatic heterocycles. The Kier molecular flexibility index (Phi) is 3.07. The molecule has 15 heavy (non-hydrogen) atoms. The van der Waals surface area contributed by atoms with Crippen molar-refractivity contribution >= 4 is 27.3 Å². The van der Waals surface area contributed by atoms with E-state index in [1.54, 1.807) is 18.4 Å². The molecule has 0 saturated heterocycles. The fourth-order valence-electron chi connectivity index (χ4n) is 1.37. The molecule has 4 heteroatoms. The second kappa shape index (κ2) is 4.33. The summed E-state index contributed by atoms with van der Waals surface area (Å²) in [5.41, 5.74) is 2.25. The molecule has 0 spiro atoms. The van der Waals surface area contributed by atoms with Gasteiger partial charge in [0, 0.05) is 5.38 Å². The van der Waals surface area contributed by atoms with Gasteiger partial charge >= 0.3 is 0 Å². The molecule has 0 aliphatic carbocycles. The second-order valence-corrected chi connectivity index (χ2v) is 4.85. The second-order valence-electron chi connectivity index (χ2n) is 3.18. The molecule has 0 unspecified atom stereocenters. The minimum Gasteiger partial charge on any atom is -0.496 e. The largest absolute Gasteiger partial charge is 0.496 e. The fourth-order valence-corrected chi connectivity index (χ4v) is 2.64. The number of aromatic nitrogens is 1. The first-order valence-electron chi connectivity index (χ1n) is 4.47. The number of ether oxygens (including phenoxy) is 1. The van der Waals surface area contributed by atoms with Gasteiger partial charge in [0.1, 0.15) is 15.4 Å². The van der Waals surface area contributed by atoms with Gasteiger partial charge in [0.15, 0.2) is 0 Å². The van der Waals surface area contributed by atoms with Gasteiger partial charge in [0.2, 0.25) is 0 Å². The number of aryl methyl sites for hydroxylation is 1. The molecule has 1 heterocycles. The third-order valence-electron chi connectivity index (χ3n) is 2.06. The van der Waals surface area contributed by atoms with Gasteiger partial charge in [0.05, 0.1) is 12.7 Å². The van der Waals surface area contributed by atoms with Crippen LogP contribution in [0.3, 0.4) is 0 Å². The van der Waals surface area contributed by atoms with Crippen LogP contribution in [0, 0.1) is 6.92 Å². The fraction of sp³-hybridized carbons (Fsp3) is 0.182. The Balaban J connectivity index is 2.55. The summed E-state index contributed by atoms with van der Waals surface area (Å²) >= 11 is 4.96. The Morgan fingerprint density at radius 1 is 1.40 bits per heavy atom. The van der Waals surface area contributed by atoms with E-state index in [-0.39, 0.29) is 0 Å². The van der Waals surface area contributed by atoms with E-state index in [0.29, 0.717) is 0 Å². The molecule has 2 rings (SSSR count). The highest BCUT2D eigenvalue weighted by atomic mass is 79.9. The standard InChI is InChI=1S/C11H10BrNOS/c1-7-3-4-9(14-2)8(5-7)11-13-10(12)6-15-11/h3-6H,1-2H3. The molecule has 2 aromatic rings. The highest BCUT2D eigenvalue weighted by Crippen LogP contribution is 2.33. The van der Waals surface area contributed by atoms with Gasteiger partial charge in [-0.1, -0.05) is 11.6 Å². The van der Waals surface area contributed by atoms with Crippen molar-refractivity contribution in [3.8, 4) is 16.3 Å². The molecule has 0 saturated carbocycles. The average molecular weight is 284 g/mol. The summed E-state index contributed by atoms with van der Waals surface area (Å²) in [4.78, 5) is 4.39. The lowest BCUT2D eigenvalue weighted by Crippen LogP contribution is -1.88. The first-order valence-corrected chi connectivity index (χ1v) is 6.14. The van der Waals surface area contributed by atoms with Crippen LogP contribution in [0.1, 0.15) is 5.56 Å². The van der Waals surface area contributed by atoms with Crippen LogP contribution in [-0.4, -0.2) is 12.1 Å². The number of methoxy groups -OCH3 is 1. The van der Waals surface area contributed by atoms with Crippen molar-refractivity contribution in [2.75, 3.05) is 7.11 Å². The molecule has 0 atom stereocenters. The Labute approximate surface area is 101 Å². The minimum absolute atomic E-state index is 0.863. The SMILES string of the molecule is COc1ccc(C)cc1-c1nc(Br)cs1. The highest BCUT2D eigenvalue weighted by molar-refractivity contribution is 9.10. The molecular weight excluding hydrogens is 274 g/mol. The Morgan fingerprint density at radius 2 is 2.20 bits per heavy atom. The maximum atomic E-state index is 5.32. The summed E-state index contributed by atoms with van der Waals surface area (Å²) in [5.74, 6) is 0.863. The number of hydrogen-bond donors (Lipinski definition) is 0. The van der Waals surface area contributed by atoms with Crippen LogP contribution in [0.25, 0.3) is 10.6 Å². The van der Waals surface area contributed by atoms with E-state index in [9.17, 15) is 0 Å². The Bertz CT molecular complexity index is 481. The zero-order chi connectivity index (χ0) is 10.8. The normalized spacial score (nSPS) is 10.3. The maximum Gasteiger partial charge on any atom is 0.129 e. The van der Waals surface area contributed by atoms with Crippen molar-refractivity contribution in [2.24, 2.45) is 0 Å². The van der Waals surface area contributed by atoms with E-state index in [4.69, 9.17) is 4.74 Å². The van der Waals surface area contributed by atoms with Gasteiger partial charge in [-0.3, -0.25) is 0 Å². The van der Waals surface area contributed by atoms with Crippen molar-refractivity contribution in [3.05, 3.63) is 33.7 Å². The maximum absolute atomic E-state index is 5.32. The van der Waals surface area contributed by atoms with Crippen LogP contribution >= 0.6 is 27.3 Å². The zero-order valence-electron chi connectivity index (χ0n) is 8.45. The van der Waals surface area contributed by atoms with Crippen molar-refractivity contribution in [1.82, 2.24) is 4.98 Å². The number of nitrogens with zero attached hydrogens (tertiary/aromatic N) is 1. The molecule has 0 aliphatic heterocycles. The van der Waals surface area contributed by atoms with Crippen molar-refractivity contribution in [1.29, 1.82) is 0 Å². The predicted octanol–water partition coefficient (Wildman–Crippen LogP) is 3.89. The summed E-state index contributed by atoms with van der Waals surface area (Å²) in [6.45, 7) is 2.06. The highest BCUT2D eigenvalue weighted by Gasteiger charge is 2.09. The third kappa shape index (κ3) is 2.21. The lowest BCUT2D eigenvalue weighted by molar-refractivity contribution is 0.416. The molecular formula is C11H10BrNOS. The average Bonchev–Trinajstić information content (AvgIpc) is 2.65. The van der Waals surface area contributed by atoms with E-state index < -0.39 is 0 Å². The molecule has 0 radical (unpaired) electrons. The van der Waals surface area contributed by atoms with Crippen LogP contribution in [0.5, 0.6) is 5.75 Å². The molecule has 0 bridgehead atoms. The van der Waals surface area contributed by atoms with Crippen molar-refractivity contribution < 1.29 is 4.74 Å². The van der Waals surface area contributed by atoms with Crippen LogP contribution in [0.15, 0.2) is 28.2 Å². The summed E-state index contributed by atoms with van der Waals surface area (Å²) in [7, 11) is 1.68. The van der Waals surface area contributed by atoms with Gasteiger partial charge < -0.3 is 4.74 Å². The van der Waals surface area contributed by atoms with Crippen LogP contribution in [-0.2, 0) is 0 Å². The summed E-state index contributed by atoms with van der Waals surface area (Å²) in [6, 6.07) is 6.09. The van der Waals surface area contributed by atoms with E-state index in [0.717, 1.165) is 20.9 Å². The summed E-state index contributed by atoms with van der Waals surface area (Å²) in [5, 5.41) is 2.94. The molecule has 0 N–H and O–H groups in total. The number of halogens is 1. The first-order chi connectivity index (χ1) is 7.20. The van der Waals surface area contributed by atoms with E-state index in [1.807, 2.05) is 17.5 Å². The molecule has 0 aliphatic rings. The van der Waals surface area contributed by atoms with Crippen LogP contribution < -0.4 is 4.74 Å². The van der Waals surface area contributed by atoms with Gasteiger partial charge in [-0.25, -0.2) is 4.98 Å². The molecule has 78 valence electrons. The monoisotopic (exact) mass is 283 g/mol. The van der Waals surface area contributed by atoms with Crippen molar-refractivity contribution in [2.45, 2.75) is 6.92 Å². The van der Waals surface area contributed by atoms with E-state index >= 15 is 0 Å². The van der Waals surface area contributed by atoms with E-state index in [1.165, 1.54) is 5.56 Å². The molecule has 0 fully saturated rings. The molecule has 0 amide bonds. The predicted molar refractivity (Wildman–Crippen MR) is 66.5 cm³/mol. The third-order valence-corrected chi connectivity index (χ3v) is 3.65. The number of benzene rings is 1. The first kappa shape index (κ1) is 10.6. The number of hydrogen-bond acceptors (Lipinski definition) is 3. The quantitative estimate of drug-likeness (QED) is 0.834.